The summed E-state index contributed by atoms with van der Waals surface area (Å²) in [7, 11) is -2.14. The van der Waals surface area contributed by atoms with E-state index in [0.717, 1.165) is 16.7 Å². The Morgan fingerprint density at radius 3 is 2.20 bits per heavy atom. The van der Waals surface area contributed by atoms with Gasteiger partial charge in [0, 0.05) is 11.2 Å². The van der Waals surface area contributed by atoms with Gasteiger partial charge >= 0.3 is 0 Å². The number of ether oxygens (including phenoxy) is 1. The third kappa shape index (κ3) is 5.51. The SMILES string of the molecule is CP(C)(=O)Cc1ccc(Cc2cc([C@@H]3O[C@H](CO)[C@@H](O)[C@H](O)[C@H]3O)ccc2Cl)cc1. The van der Waals surface area contributed by atoms with Gasteiger partial charge in [0.2, 0.25) is 0 Å². The van der Waals surface area contributed by atoms with Crippen LogP contribution in [0.25, 0.3) is 0 Å². The zero-order valence-corrected chi connectivity index (χ0v) is 18.6. The van der Waals surface area contributed by atoms with Crippen LogP contribution >= 0.6 is 18.7 Å². The van der Waals surface area contributed by atoms with Crippen molar-refractivity contribution in [1.82, 2.24) is 0 Å². The van der Waals surface area contributed by atoms with Gasteiger partial charge in [-0.2, -0.15) is 0 Å². The molecule has 0 bridgehead atoms. The maximum Gasteiger partial charge on any atom is 0.113 e. The minimum absolute atomic E-state index is 0.476. The van der Waals surface area contributed by atoms with Crippen LogP contribution in [0.15, 0.2) is 42.5 Å². The Morgan fingerprint density at radius 2 is 1.60 bits per heavy atom. The maximum atomic E-state index is 12.0. The molecule has 2 aromatic rings. The molecule has 3 rings (SSSR count). The molecule has 2 aromatic carbocycles. The highest BCUT2D eigenvalue weighted by Crippen LogP contribution is 2.40. The molecule has 4 N–H and O–H groups in total. The van der Waals surface area contributed by atoms with Crippen LogP contribution in [0.5, 0.6) is 0 Å². The normalized spacial score (nSPS) is 27.2. The van der Waals surface area contributed by atoms with E-state index >= 15 is 0 Å². The van der Waals surface area contributed by atoms with Gasteiger partial charge in [-0.1, -0.05) is 48.0 Å². The van der Waals surface area contributed by atoms with E-state index in [1.165, 1.54) is 0 Å². The van der Waals surface area contributed by atoms with Crippen molar-refractivity contribution in [2.45, 2.75) is 43.1 Å². The second-order valence-electron chi connectivity index (χ2n) is 8.33. The van der Waals surface area contributed by atoms with Crippen molar-refractivity contribution in [1.29, 1.82) is 0 Å². The van der Waals surface area contributed by atoms with Crippen LogP contribution in [0, 0.1) is 0 Å². The molecule has 0 aromatic heterocycles. The summed E-state index contributed by atoms with van der Waals surface area (Å²) in [5, 5.41) is 40.4. The number of aliphatic hydroxyl groups is 4. The average molecular weight is 455 g/mol. The lowest BCUT2D eigenvalue weighted by molar-refractivity contribution is -0.231. The second kappa shape index (κ2) is 9.49. The molecule has 5 atom stereocenters. The van der Waals surface area contributed by atoms with Gasteiger partial charge in [0.15, 0.2) is 0 Å². The third-order valence-corrected chi connectivity index (χ3v) is 6.77. The van der Waals surface area contributed by atoms with Crippen molar-refractivity contribution < 1.29 is 29.7 Å². The summed E-state index contributed by atoms with van der Waals surface area (Å²) in [5.74, 6) is 0. The lowest BCUT2D eigenvalue weighted by atomic mass is 9.90. The summed E-state index contributed by atoms with van der Waals surface area (Å²) in [4.78, 5) is 0. The van der Waals surface area contributed by atoms with Crippen molar-refractivity contribution in [2.24, 2.45) is 0 Å². The van der Waals surface area contributed by atoms with Gasteiger partial charge < -0.3 is 29.7 Å². The molecule has 0 unspecified atom stereocenters. The van der Waals surface area contributed by atoms with E-state index in [0.29, 0.717) is 23.2 Å². The fourth-order valence-electron chi connectivity index (χ4n) is 3.71. The van der Waals surface area contributed by atoms with E-state index in [4.69, 9.17) is 16.3 Å². The summed E-state index contributed by atoms with van der Waals surface area (Å²) >= 11 is 6.38. The molecule has 0 spiro atoms. The highest BCUT2D eigenvalue weighted by molar-refractivity contribution is 7.61. The first kappa shape index (κ1) is 23.4. The fraction of sp³-hybridized carbons (Fsp3) is 0.455. The van der Waals surface area contributed by atoms with Gasteiger partial charge in [0.25, 0.3) is 0 Å². The Kier molecular flexibility index (Phi) is 7.41. The smallest absolute Gasteiger partial charge is 0.113 e. The molecule has 0 radical (unpaired) electrons. The number of benzene rings is 2. The largest absolute Gasteiger partial charge is 0.394 e. The Morgan fingerprint density at radius 1 is 0.967 bits per heavy atom. The van der Waals surface area contributed by atoms with E-state index in [9.17, 15) is 25.0 Å². The summed E-state index contributed by atoms with van der Waals surface area (Å²) < 4.78 is 17.7. The number of hydrogen-bond acceptors (Lipinski definition) is 6. The van der Waals surface area contributed by atoms with Gasteiger partial charge in [0.1, 0.15) is 30.5 Å². The first-order valence-electron chi connectivity index (χ1n) is 9.79. The first-order chi connectivity index (χ1) is 14.1. The highest BCUT2D eigenvalue weighted by Gasteiger charge is 2.44. The number of rotatable bonds is 6. The second-order valence-corrected chi connectivity index (χ2v) is 12.2. The van der Waals surface area contributed by atoms with E-state index in [2.05, 4.69) is 0 Å². The van der Waals surface area contributed by atoms with Gasteiger partial charge in [-0.05, 0) is 48.1 Å². The molecule has 1 aliphatic rings. The third-order valence-electron chi connectivity index (χ3n) is 5.27. The first-order valence-corrected chi connectivity index (χ1v) is 13.0. The van der Waals surface area contributed by atoms with Crippen LogP contribution in [-0.4, -0.2) is 64.8 Å². The van der Waals surface area contributed by atoms with Gasteiger partial charge in [-0.15, -0.1) is 0 Å². The minimum atomic E-state index is -2.14. The van der Waals surface area contributed by atoms with E-state index in [1.54, 1.807) is 31.5 Å². The zero-order valence-electron chi connectivity index (χ0n) is 17.0. The molecule has 0 amide bonds. The Bertz CT molecular complexity index is 910. The maximum absolute atomic E-state index is 12.0. The van der Waals surface area contributed by atoms with Crippen molar-refractivity contribution in [3.63, 3.8) is 0 Å². The summed E-state index contributed by atoms with van der Waals surface area (Å²) in [5.41, 5.74) is 3.46. The Labute approximate surface area is 181 Å². The topological polar surface area (TPSA) is 107 Å². The molecule has 0 aliphatic carbocycles. The molecule has 1 aliphatic heterocycles. The molecule has 8 heteroatoms. The molecule has 6 nitrogen and oxygen atoms in total. The monoisotopic (exact) mass is 454 g/mol. The van der Waals surface area contributed by atoms with Crippen molar-refractivity contribution in [2.75, 3.05) is 19.9 Å². The zero-order chi connectivity index (χ0) is 22.1. The number of halogens is 1. The fourth-order valence-corrected chi connectivity index (χ4v) is 4.98. The molecular weight excluding hydrogens is 427 g/mol. The molecule has 30 heavy (non-hydrogen) atoms. The summed E-state index contributed by atoms with van der Waals surface area (Å²) in [6.07, 6.45) is -4.93. The summed E-state index contributed by atoms with van der Waals surface area (Å²) in [6, 6.07) is 13.1. The Hall–Kier alpha value is -1.24. The van der Waals surface area contributed by atoms with E-state index in [-0.39, 0.29) is 0 Å². The number of hydrogen-bond donors (Lipinski definition) is 4. The predicted molar refractivity (Wildman–Crippen MR) is 117 cm³/mol. The van der Waals surface area contributed by atoms with Crippen LogP contribution in [0.4, 0.5) is 0 Å². The summed E-state index contributed by atoms with van der Waals surface area (Å²) in [6.45, 7) is 3.06. The van der Waals surface area contributed by atoms with Gasteiger partial charge in [0.05, 0.1) is 13.7 Å². The highest BCUT2D eigenvalue weighted by atomic mass is 35.5. The van der Waals surface area contributed by atoms with E-state index in [1.807, 2.05) is 24.3 Å². The number of aliphatic hydroxyl groups excluding tert-OH is 4. The molecular formula is C22H28ClO6P. The van der Waals surface area contributed by atoms with Crippen LogP contribution in [-0.2, 0) is 21.9 Å². The van der Waals surface area contributed by atoms with Crippen molar-refractivity contribution in [3.05, 3.63) is 69.7 Å². The standard InChI is InChI=1S/C22H28ClO6P/c1-30(2,28)12-14-5-3-13(4-6-14)9-16-10-15(7-8-17(16)23)22-21(27)20(26)19(25)18(11-24)29-22/h3-8,10,18-22,24-27H,9,11-12H2,1-2H3/t18-,19-,20+,21-,22+/m1/s1. The van der Waals surface area contributed by atoms with Crippen LogP contribution in [0.3, 0.4) is 0 Å². The molecule has 1 fully saturated rings. The average Bonchev–Trinajstić information content (AvgIpc) is 2.69. The van der Waals surface area contributed by atoms with Crippen molar-refractivity contribution >= 4 is 18.7 Å². The molecule has 1 heterocycles. The molecule has 164 valence electrons. The van der Waals surface area contributed by atoms with Gasteiger partial charge in [-0.25, -0.2) is 0 Å². The molecule has 1 saturated heterocycles. The van der Waals surface area contributed by atoms with Gasteiger partial charge in [-0.3, -0.25) is 0 Å². The Balaban J connectivity index is 1.81. The molecule has 0 saturated carbocycles. The van der Waals surface area contributed by atoms with Crippen LogP contribution < -0.4 is 0 Å². The van der Waals surface area contributed by atoms with Crippen LogP contribution in [0.1, 0.15) is 28.4 Å². The lowest BCUT2D eigenvalue weighted by Gasteiger charge is -2.40. The minimum Gasteiger partial charge on any atom is -0.394 e. The van der Waals surface area contributed by atoms with E-state index < -0.39 is 44.3 Å². The van der Waals surface area contributed by atoms with Crippen LogP contribution in [0.2, 0.25) is 5.02 Å². The van der Waals surface area contributed by atoms with Crippen molar-refractivity contribution in [3.8, 4) is 0 Å². The lowest BCUT2D eigenvalue weighted by Crippen LogP contribution is -2.55. The quantitative estimate of drug-likeness (QED) is 0.500. The predicted octanol–water partition coefficient (Wildman–Crippen LogP) is 2.57.